The maximum Gasteiger partial charge on any atom is 0.171 e. The fraction of sp³-hybridized carbons (Fsp3) is 0.188. The maximum absolute atomic E-state index is 5.34. The van der Waals surface area contributed by atoms with E-state index in [0.29, 0.717) is 5.11 Å². The van der Waals surface area contributed by atoms with E-state index >= 15 is 0 Å². The number of nitrogens with one attached hydrogen (secondary N) is 2. The molecule has 0 heterocycles. The normalized spacial score (nSPS) is 11.6. The molecular weight excluding hydrogens is 348 g/mol. The summed E-state index contributed by atoms with van der Waals surface area (Å²) in [6.45, 7) is 2.06. The van der Waals surface area contributed by atoms with Gasteiger partial charge >= 0.3 is 0 Å². The zero-order valence-electron chi connectivity index (χ0n) is 11.9. The summed E-state index contributed by atoms with van der Waals surface area (Å²) < 4.78 is 6.27. The van der Waals surface area contributed by atoms with Crippen molar-refractivity contribution in [3.8, 4) is 5.75 Å². The van der Waals surface area contributed by atoms with E-state index in [1.807, 2.05) is 48.5 Å². The van der Waals surface area contributed by atoms with Crippen LogP contribution in [0, 0.1) is 0 Å². The summed E-state index contributed by atoms with van der Waals surface area (Å²) in [6, 6.07) is 15.9. The Bertz CT molecular complexity index is 616. The Labute approximate surface area is 138 Å². The lowest BCUT2D eigenvalue weighted by Crippen LogP contribution is -2.30. The SMILES string of the molecule is COc1cccc(C(C)NC(=S)Nc2ccc(Br)cc2)c1. The van der Waals surface area contributed by atoms with Crippen molar-refractivity contribution in [3.63, 3.8) is 0 Å². The van der Waals surface area contributed by atoms with Crippen LogP contribution in [0.4, 0.5) is 5.69 Å². The van der Waals surface area contributed by atoms with Crippen molar-refractivity contribution in [3.05, 3.63) is 58.6 Å². The van der Waals surface area contributed by atoms with Crippen LogP contribution in [-0.4, -0.2) is 12.2 Å². The Balaban J connectivity index is 1.96. The van der Waals surface area contributed by atoms with Crippen molar-refractivity contribution >= 4 is 38.9 Å². The molecule has 0 fully saturated rings. The third-order valence-corrected chi connectivity index (χ3v) is 3.79. The summed E-state index contributed by atoms with van der Waals surface area (Å²) in [5.74, 6) is 0.841. The molecular formula is C16H17BrN2OS. The Morgan fingerprint density at radius 1 is 1.19 bits per heavy atom. The number of methoxy groups -OCH3 is 1. The van der Waals surface area contributed by atoms with Crippen molar-refractivity contribution in [2.75, 3.05) is 12.4 Å². The largest absolute Gasteiger partial charge is 0.497 e. The summed E-state index contributed by atoms with van der Waals surface area (Å²) >= 11 is 8.75. The zero-order chi connectivity index (χ0) is 15.2. The third-order valence-electron chi connectivity index (χ3n) is 3.04. The van der Waals surface area contributed by atoms with Gasteiger partial charge in [-0.25, -0.2) is 0 Å². The smallest absolute Gasteiger partial charge is 0.171 e. The van der Waals surface area contributed by atoms with Crippen LogP contribution >= 0.6 is 28.1 Å². The van der Waals surface area contributed by atoms with Crippen LogP contribution in [0.25, 0.3) is 0 Å². The highest BCUT2D eigenvalue weighted by Gasteiger charge is 2.08. The van der Waals surface area contributed by atoms with Gasteiger partial charge in [0, 0.05) is 10.2 Å². The quantitative estimate of drug-likeness (QED) is 0.782. The molecule has 2 rings (SSSR count). The van der Waals surface area contributed by atoms with Gasteiger partial charge in [-0.15, -0.1) is 0 Å². The minimum atomic E-state index is 0.0931. The first kappa shape index (κ1) is 15.8. The molecule has 0 aliphatic heterocycles. The summed E-state index contributed by atoms with van der Waals surface area (Å²) in [5, 5.41) is 7.02. The van der Waals surface area contributed by atoms with Gasteiger partial charge in [0.05, 0.1) is 13.2 Å². The first-order chi connectivity index (χ1) is 10.1. The highest BCUT2D eigenvalue weighted by molar-refractivity contribution is 9.10. The highest BCUT2D eigenvalue weighted by Crippen LogP contribution is 2.19. The van der Waals surface area contributed by atoms with E-state index in [2.05, 4.69) is 33.5 Å². The number of thiocarbonyl (C=S) groups is 1. The molecule has 1 unspecified atom stereocenters. The van der Waals surface area contributed by atoms with Crippen molar-refractivity contribution in [2.24, 2.45) is 0 Å². The molecule has 0 spiro atoms. The van der Waals surface area contributed by atoms with Crippen molar-refractivity contribution in [1.82, 2.24) is 5.32 Å². The van der Waals surface area contributed by atoms with Gasteiger partial charge in [-0.05, 0) is 61.1 Å². The molecule has 0 bridgehead atoms. The van der Waals surface area contributed by atoms with E-state index in [9.17, 15) is 0 Å². The monoisotopic (exact) mass is 364 g/mol. The first-order valence-electron chi connectivity index (χ1n) is 6.55. The molecule has 2 aromatic carbocycles. The van der Waals surface area contributed by atoms with E-state index in [0.717, 1.165) is 21.5 Å². The van der Waals surface area contributed by atoms with Gasteiger partial charge in [0.2, 0.25) is 0 Å². The van der Waals surface area contributed by atoms with E-state index in [1.54, 1.807) is 7.11 Å². The van der Waals surface area contributed by atoms with Gasteiger partial charge in [0.1, 0.15) is 5.75 Å². The number of benzene rings is 2. The minimum absolute atomic E-state index is 0.0931. The Kier molecular flexibility index (Phi) is 5.59. The first-order valence-corrected chi connectivity index (χ1v) is 7.75. The molecule has 2 N–H and O–H groups in total. The molecule has 5 heteroatoms. The number of rotatable bonds is 4. The lowest BCUT2D eigenvalue weighted by molar-refractivity contribution is 0.413. The Hall–Kier alpha value is -1.59. The van der Waals surface area contributed by atoms with E-state index in [4.69, 9.17) is 17.0 Å². The van der Waals surface area contributed by atoms with Gasteiger partial charge < -0.3 is 15.4 Å². The summed E-state index contributed by atoms with van der Waals surface area (Å²) in [7, 11) is 1.66. The molecule has 0 saturated heterocycles. The molecule has 0 saturated carbocycles. The van der Waals surface area contributed by atoms with E-state index < -0.39 is 0 Å². The zero-order valence-corrected chi connectivity index (χ0v) is 14.3. The maximum atomic E-state index is 5.34. The average Bonchev–Trinajstić information content (AvgIpc) is 2.49. The van der Waals surface area contributed by atoms with Crippen LogP contribution in [0.1, 0.15) is 18.5 Å². The summed E-state index contributed by atoms with van der Waals surface area (Å²) in [6.07, 6.45) is 0. The van der Waals surface area contributed by atoms with Gasteiger partial charge in [-0.2, -0.15) is 0 Å². The van der Waals surface area contributed by atoms with Gasteiger partial charge in [0.15, 0.2) is 5.11 Å². The number of hydrogen-bond acceptors (Lipinski definition) is 2. The fourth-order valence-corrected chi connectivity index (χ4v) is 2.45. The lowest BCUT2D eigenvalue weighted by Gasteiger charge is -2.18. The van der Waals surface area contributed by atoms with Crippen molar-refractivity contribution in [2.45, 2.75) is 13.0 Å². The highest BCUT2D eigenvalue weighted by atomic mass is 79.9. The second kappa shape index (κ2) is 7.43. The summed E-state index contributed by atoms with van der Waals surface area (Å²) in [5.41, 5.74) is 2.07. The molecule has 0 aliphatic rings. The Morgan fingerprint density at radius 2 is 1.90 bits per heavy atom. The molecule has 0 radical (unpaired) electrons. The van der Waals surface area contributed by atoms with E-state index in [1.165, 1.54) is 0 Å². The predicted octanol–water partition coefficient (Wildman–Crippen LogP) is 4.51. The average molecular weight is 365 g/mol. The molecule has 0 amide bonds. The molecule has 1 atom stereocenters. The van der Waals surface area contributed by atoms with Gasteiger partial charge in [-0.1, -0.05) is 28.1 Å². The molecule has 2 aromatic rings. The van der Waals surface area contributed by atoms with Crippen LogP contribution < -0.4 is 15.4 Å². The standard InChI is InChI=1S/C16H17BrN2OS/c1-11(12-4-3-5-15(10-12)20-2)18-16(21)19-14-8-6-13(17)7-9-14/h3-11H,1-2H3,(H2,18,19,21). The lowest BCUT2D eigenvalue weighted by atomic mass is 10.1. The van der Waals surface area contributed by atoms with Gasteiger partial charge in [0.25, 0.3) is 0 Å². The van der Waals surface area contributed by atoms with Crippen LogP contribution in [0.3, 0.4) is 0 Å². The number of ether oxygens (including phenoxy) is 1. The van der Waals surface area contributed by atoms with E-state index in [-0.39, 0.29) is 6.04 Å². The third kappa shape index (κ3) is 4.72. The second-order valence-electron chi connectivity index (χ2n) is 4.60. The Morgan fingerprint density at radius 3 is 2.57 bits per heavy atom. The molecule has 0 aromatic heterocycles. The van der Waals surface area contributed by atoms with Crippen LogP contribution in [0.2, 0.25) is 0 Å². The van der Waals surface area contributed by atoms with Crippen molar-refractivity contribution < 1.29 is 4.74 Å². The number of halogens is 1. The number of anilines is 1. The minimum Gasteiger partial charge on any atom is -0.497 e. The topological polar surface area (TPSA) is 33.3 Å². The second-order valence-corrected chi connectivity index (χ2v) is 5.93. The summed E-state index contributed by atoms with van der Waals surface area (Å²) in [4.78, 5) is 0. The van der Waals surface area contributed by atoms with Crippen molar-refractivity contribution in [1.29, 1.82) is 0 Å². The van der Waals surface area contributed by atoms with Crippen LogP contribution in [0.15, 0.2) is 53.0 Å². The van der Waals surface area contributed by atoms with Gasteiger partial charge in [-0.3, -0.25) is 0 Å². The molecule has 110 valence electrons. The van der Waals surface area contributed by atoms with Crippen LogP contribution in [0.5, 0.6) is 5.75 Å². The molecule has 3 nitrogen and oxygen atoms in total. The fourth-order valence-electron chi connectivity index (χ4n) is 1.89. The molecule has 0 aliphatic carbocycles. The number of hydrogen-bond donors (Lipinski definition) is 2. The van der Waals surface area contributed by atoms with Crippen LogP contribution in [-0.2, 0) is 0 Å². The molecule has 21 heavy (non-hydrogen) atoms. The predicted molar refractivity (Wildman–Crippen MR) is 94.9 cm³/mol.